The molecule has 2 aromatic rings. The molecule has 0 radical (unpaired) electrons. The highest BCUT2D eigenvalue weighted by Gasteiger charge is 2.51. The van der Waals surface area contributed by atoms with Gasteiger partial charge in [-0.3, -0.25) is 0 Å². The van der Waals surface area contributed by atoms with E-state index in [2.05, 4.69) is 20.4 Å². The Morgan fingerprint density at radius 2 is 1.32 bits per heavy atom. The zero-order chi connectivity index (χ0) is 26.2. The van der Waals surface area contributed by atoms with Gasteiger partial charge in [-0.05, 0) is 43.5 Å². The van der Waals surface area contributed by atoms with Gasteiger partial charge >= 0.3 is 0 Å². The molecular weight excluding hydrogens is 476 g/mol. The molecule has 4 rings (SSSR count). The molecule has 2 aromatic carbocycles. The van der Waals surface area contributed by atoms with E-state index in [4.69, 9.17) is 28.4 Å². The maximum absolute atomic E-state index is 10.7. The molecule has 0 aromatic heterocycles. The van der Waals surface area contributed by atoms with Crippen molar-refractivity contribution >= 4 is 0 Å². The van der Waals surface area contributed by atoms with Crippen molar-refractivity contribution in [3.63, 3.8) is 0 Å². The highest BCUT2D eigenvalue weighted by molar-refractivity contribution is 5.29. The largest absolute Gasteiger partial charge is 0.494 e. The van der Waals surface area contributed by atoms with E-state index in [1.807, 2.05) is 48.5 Å². The van der Waals surface area contributed by atoms with Gasteiger partial charge in [-0.15, -0.1) is 6.58 Å². The van der Waals surface area contributed by atoms with Crippen LogP contribution in [0.3, 0.4) is 0 Å². The Bertz CT molecular complexity index is 963. The molecule has 2 aliphatic heterocycles. The van der Waals surface area contributed by atoms with Crippen LogP contribution in [0.25, 0.3) is 0 Å². The van der Waals surface area contributed by atoms with Crippen molar-refractivity contribution in [1.82, 2.24) is 0 Å². The summed E-state index contributed by atoms with van der Waals surface area (Å²) in [4.78, 5) is 0. The monoisotopic (exact) mass is 514 g/mol. The topological polar surface area (TPSA) is 95.8 Å². The third-order valence-electron chi connectivity index (χ3n) is 6.37. The molecule has 0 aliphatic carbocycles. The normalized spacial score (nSPS) is 28.2. The fourth-order valence-electron chi connectivity index (χ4n) is 4.49. The summed E-state index contributed by atoms with van der Waals surface area (Å²) in [5.74, 6) is 1.53. The lowest BCUT2D eigenvalue weighted by atomic mass is 9.93. The predicted octanol–water partition coefficient (Wildman–Crippen LogP) is 4.46. The van der Waals surface area contributed by atoms with Crippen molar-refractivity contribution in [3.8, 4) is 11.5 Å². The van der Waals surface area contributed by atoms with Crippen LogP contribution >= 0.6 is 0 Å². The van der Waals surface area contributed by atoms with Gasteiger partial charge in [0.2, 0.25) is 0 Å². The van der Waals surface area contributed by atoms with Gasteiger partial charge in [-0.25, -0.2) is 0 Å². The maximum Gasteiger partial charge on any atom is 0.184 e. The van der Waals surface area contributed by atoms with Crippen LogP contribution in [0.15, 0.2) is 61.2 Å². The highest BCUT2D eigenvalue weighted by Crippen LogP contribution is 2.42. The van der Waals surface area contributed by atoms with Crippen LogP contribution in [0.2, 0.25) is 0 Å². The van der Waals surface area contributed by atoms with Gasteiger partial charge in [-0.1, -0.05) is 44.2 Å². The number of aliphatic hydroxyl groups is 2. The van der Waals surface area contributed by atoms with Crippen molar-refractivity contribution < 1.29 is 38.6 Å². The molecular formula is C29H38O8. The second-order valence-corrected chi connectivity index (χ2v) is 9.25. The van der Waals surface area contributed by atoms with Crippen molar-refractivity contribution in [2.75, 3.05) is 19.8 Å². The molecule has 202 valence electrons. The van der Waals surface area contributed by atoms with Crippen LogP contribution in [0.5, 0.6) is 11.5 Å². The molecule has 2 fully saturated rings. The van der Waals surface area contributed by atoms with Crippen molar-refractivity contribution in [2.24, 2.45) is 0 Å². The third kappa shape index (κ3) is 6.71. The number of fused-ring (bicyclic) bond motifs is 1. The Labute approximate surface area is 218 Å². The van der Waals surface area contributed by atoms with Gasteiger partial charge in [0.15, 0.2) is 12.6 Å². The zero-order valence-corrected chi connectivity index (χ0v) is 21.5. The van der Waals surface area contributed by atoms with E-state index >= 15 is 0 Å². The molecule has 2 heterocycles. The molecule has 0 saturated carbocycles. The summed E-state index contributed by atoms with van der Waals surface area (Å²) in [5, 5.41) is 20.5. The average molecular weight is 515 g/mol. The molecule has 0 amide bonds. The fraction of sp³-hybridized carbons (Fsp3) is 0.517. The summed E-state index contributed by atoms with van der Waals surface area (Å²) in [5.41, 5.74) is 1.57. The molecule has 8 nitrogen and oxygen atoms in total. The standard InChI is InChI=1S/C29H38O8/c1-4-7-24-26-27(37-28(34-24)19-8-12-21(13-9-19)32-16-5-2)25(23(31)18-30)35-29(36-26)20-10-14-22(15-11-20)33-17-6-3/h4,8-15,23-31H,1,5-7,16-18H2,2-3H3. The van der Waals surface area contributed by atoms with Gasteiger partial charge < -0.3 is 38.6 Å². The molecule has 7 atom stereocenters. The Morgan fingerprint density at radius 3 is 1.81 bits per heavy atom. The minimum atomic E-state index is -1.17. The van der Waals surface area contributed by atoms with E-state index in [1.165, 1.54) is 0 Å². The Morgan fingerprint density at radius 1 is 0.811 bits per heavy atom. The van der Waals surface area contributed by atoms with Gasteiger partial charge in [0, 0.05) is 11.1 Å². The molecule has 0 spiro atoms. The quantitative estimate of drug-likeness (QED) is 0.401. The molecule has 2 saturated heterocycles. The van der Waals surface area contributed by atoms with Crippen LogP contribution in [0.1, 0.15) is 56.8 Å². The lowest BCUT2D eigenvalue weighted by Gasteiger charge is -2.50. The second-order valence-electron chi connectivity index (χ2n) is 9.25. The first-order chi connectivity index (χ1) is 18.1. The number of aliphatic hydroxyl groups excluding tert-OH is 2. The molecule has 2 N–H and O–H groups in total. The van der Waals surface area contributed by atoms with Gasteiger partial charge in [0.05, 0.1) is 25.9 Å². The first-order valence-corrected chi connectivity index (χ1v) is 13.0. The minimum Gasteiger partial charge on any atom is -0.494 e. The minimum absolute atomic E-state index is 0.399. The van der Waals surface area contributed by atoms with Gasteiger partial charge in [-0.2, -0.15) is 0 Å². The Hall–Kier alpha value is -2.46. The van der Waals surface area contributed by atoms with Gasteiger partial charge in [0.25, 0.3) is 0 Å². The lowest BCUT2D eigenvalue weighted by molar-refractivity contribution is -0.390. The van der Waals surface area contributed by atoms with E-state index in [9.17, 15) is 10.2 Å². The molecule has 8 heteroatoms. The maximum atomic E-state index is 10.7. The molecule has 0 bridgehead atoms. The van der Waals surface area contributed by atoms with E-state index in [0.717, 1.165) is 35.5 Å². The van der Waals surface area contributed by atoms with E-state index in [0.29, 0.717) is 19.6 Å². The third-order valence-corrected chi connectivity index (χ3v) is 6.37. The average Bonchev–Trinajstić information content (AvgIpc) is 2.94. The summed E-state index contributed by atoms with van der Waals surface area (Å²) in [6.07, 6.45) is -0.990. The summed E-state index contributed by atoms with van der Waals surface area (Å²) < 4.78 is 36.6. The zero-order valence-electron chi connectivity index (χ0n) is 21.5. The summed E-state index contributed by atoms with van der Waals surface area (Å²) in [6.45, 7) is 8.80. The second kappa shape index (κ2) is 13.4. The van der Waals surface area contributed by atoms with Crippen molar-refractivity contribution in [3.05, 3.63) is 72.3 Å². The van der Waals surface area contributed by atoms with Crippen LogP contribution in [0, 0.1) is 0 Å². The van der Waals surface area contributed by atoms with E-state index < -0.39 is 49.7 Å². The molecule has 2 aliphatic rings. The smallest absolute Gasteiger partial charge is 0.184 e. The SMILES string of the molecule is C=CCC1OC(c2ccc(OCCC)cc2)OC2C(C(O)CO)OC(c3ccc(OCCC)cc3)OC12. The first-order valence-electron chi connectivity index (χ1n) is 13.0. The fourth-order valence-corrected chi connectivity index (χ4v) is 4.49. The summed E-state index contributed by atoms with van der Waals surface area (Å²) >= 11 is 0. The Kier molecular flexibility index (Phi) is 9.96. The number of hydrogen-bond acceptors (Lipinski definition) is 8. The Balaban J connectivity index is 1.56. The van der Waals surface area contributed by atoms with Crippen LogP contribution in [-0.2, 0) is 18.9 Å². The van der Waals surface area contributed by atoms with Gasteiger partial charge in [0.1, 0.15) is 35.9 Å². The highest BCUT2D eigenvalue weighted by atomic mass is 16.8. The first kappa shape index (κ1) is 27.6. The number of ether oxygens (including phenoxy) is 6. The van der Waals surface area contributed by atoms with E-state index in [1.54, 1.807) is 6.08 Å². The summed E-state index contributed by atoms with van der Waals surface area (Å²) in [6, 6.07) is 15.0. The number of benzene rings is 2. The van der Waals surface area contributed by atoms with E-state index in [-0.39, 0.29) is 0 Å². The summed E-state index contributed by atoms with van der Waals surface area (Å²) in [7, 11) is 0. The van der Waals surface area contributed by atoms with Crippen molar-refractivity contribution in [2.45, 2.75) is 76.2 Å². The lowest BCUT2D eigenvalue weighted by Crippen LogP contribution is -2.61. The van der Waals surface area contributed by atoms with Crippen LogP contribution in [0.4, 0.5) is 0 Å². The van der Waals surface area contributed by atoms with Crippen molar-refractivity contribution in [1.29, 1.82) is 0 Å². The van der Waals surface area contributed by atoms with Crippen LogP contribution in [-0.4, -0.2) is 60.6 Å². The number of rotatable bonds is 12. The predicted molar refractivity (Wildman–Crippen MR) is 137 cm³/mol. The molecule has 37 heavy (non-hydrogen) atoms. The van der Waals surface area contributed by atoms with Crippen LogP contribution < -0.4 is 9.47 Å². The number of hydrogen-bond donors (Lipinski definition) is 2. The molecule has 7 unspecified atom stereocenters.